The normalized spacial score (nSPS) is 26.8. The summed E-state index contributed by atoms with van der Waals surface area (Å²) in [4.78, 5) is 29.1. The van der Waals surface area contributed by atoms with Crippen molar-refractivity contribution >= 4 is 23.2 Å². The monoisotopic (exact) mass is 294 g/mol. The first-order valence-corrected chi connectivity index (χ1v) is 7.91. The molecule has 110 valence electrons. The Hall–Kier alpha value is -1.36. The molecule has 1 fully saturated rings. The van der Waals surface area contributed by atoms with Gasteiger partial charge in [-0.1, -0.05) is 13.8 Å². The third kappa shape index (κ3) is 2.59. The van der Waals surface area contributed by atoms with Crippen LogP contribution in [0.1, 0.15) is 43.4 Å². The maximum Gasteiger partial charge on any atom is 0.249 e. The molecule has 2 rings (SSSR count). The Labute approximate surface area is 124 Å². The molecule has 4 nitrogen and oxygen atoms in total. The van der Waals surface area contributed by atoms with Crippen LogP contribution in [0.3, 0.4) is 0 Å². The quantitative estimate of drug-likeness (QED) is 0.927. The molecule has 0 spiro atoms. The zero-order valence-corrected chi connectivity index (χ0v) is 13.3. The van der Waals surface area contributed by atoms with Gasteiger partial charge in [-0.2, -0.15) is 0 Å². The van der Waals surface area contributed by atoms with Crippen molar-refractivity contribution in [2.24, 2.45) is 0 Å². The van der Waals surface area contributed by atoms with Crippen molar-refractivity contribution < 1.29 is 9.59 Å². The summed E-state index contributed by atoms with van der Waals surface area (Å²) in [6.45, 7) is 8.26. The lowest BCUT2D eigenvalue weighted by Gasteiger charge is -2.43. The molecule has 1 aromatic heterocycles. The van der Waals surface area contributed by atoms with E-state index in [4.69, 9.17) is 0 Å². The van der Waals surface area contributed by atoms with Gasteiger partial charge in [0, 0.05) is 9.75 Å². The Morgan fingerprint density at radius 3 is 2.55 bits per heavy atom. The Balaban J connectivity index is 2.29. The van der Waals surface area contributed by atoms with E-state index in [2.05, 4.69) is 11.4 Å². The van der Waals surface area contributed by atoms with E-state index in [9.17, 15) is 9.59 Å². The second kappa shape index (κ2) is 5.56. The molecule has 2 atom stereocenters. The summed E-state index contributed by atoms with van der Waals surface area (Å²) in [5.41, 5.74) is -0.769. The summed E-state index contributed by atoms with van der Waals surface area (Å²) in [5.74, 6) is -0.0118. The van der Waals surface area contributed by atoms with Gasteiger partial charge < -0.3 is 10.2 Å². The molecule has 1 N–H and O–H groups in total. The van der Waals surface area contributed by atoms with Crippen molar-refractivity contribution in [3.8, 4) is 0 Å². The highest BCUT2D eigenvalue weighted by Crippen LogP contribution is 2.26. The Bertz CT molecular complexity index is 526. The second-order valence-corrected chi connectivity index (χ2v) is 6.92. The van der Waals surface area contributed by atoms with Crippen LogP contribution in [0.5, 0.6) is 0 Å². The average molecular weight is 294 g/mol. The number of nitrogens with zero attached hydrogens (tertiary/aromatic N) is 1. The molecule has 2 heterocycles. The highest BCUT2D eigenvalue weighted by molar-refractivity contribution is 7.11. The van der Waals surface area contributed by atoms with Crippen LogP contribution >= 0.6 is 11.3 Å². The lowest BCUT2D eigenvalue weighted by molar-refractivity contribution is -0.155. The van der Waals surface area contributed by atoms with Crippen LogP contribution in [0.15, 0.2) is 12.1 Å². The summed E-state index contributed by atoms with van der Waals surface area (Å²) in [6, 6.07) is 3.73. The van der Waals surface area contributed by atoms with Crippen molar-refractivity contribution in [1.82, 2.24) is 10.2 Å². The van der Waals surface area contributed by atoms with Gasteiger partial charge >= 0.3 is 0 Å². The van der Waals surface area contributed by atoms with E-state index >= 15 is 0 Å². The third-order valence-corrected chi connectivity index (χ3v) is 5.01. The van der Waals surface area contributed by atoms with Crippen LogP contribution in [0.4, 0.5) is 0 Å². The van der Waals surface area contributed by atoms with Crippen LogP contribution in [0, 0.1) is 6.92 Å². The van der Waals surface area contributed by atoms with Gasteiger partial charge in [0.25, 0.3) is 0 Å². The largest absolute Gasteiger partial charge is 0.340 e. The summed E-state index contributed by atoms with van der Waals surface area (Å²) in [5, 5.41) is 2.89. The highest BCUT2D eigenvalue weighted by Gasteiger charge is 2.46. The number of amides is 2. The maximum absolute atomic E-state index is 12.7. The first-order chi connectivity index (χ1) is 9.41. The molecule has 20 heavy (non-hydrogen) atoms. The molecule has 1 aliphatic heterocycles. The number of hydrogen-bond donors (Lipinski definition) is 1. The molecular formula is C15H22N2O2S. The van der Waals surface area contributed by atoms with Crippen molar-refractivity contribution in [2.75, 3.05) is 0 Å². The zero-order chi connectivity index (χ0) is 14.9. The molecular weight excluding hydrogens is 272 g/mol. The number of rotatable bonds is 4. The van der Waals surface area contributed by atoms with Gasteiger partial charge in [0.05, 0.1) is 6.54 Å². The second-order valence-electron chi connectivity index (χ2n) is 5.54. The average Bonchev–Trinajstić information content (AvgIpc) is 2.81. The summed E-state index contributed by atoms with van der Waals surface area (Å²) < 4.78 is 0. The van der Waals surface area contributed by atoms with Crippen molar-refractivity contribution in [2.45, 2.75) is 58.7 Å². The van der Waals surface area contributed by atoms with Gasteiger partial charge in [-0.15, -0.1) is 11.3 Å². The van der Waals surface area contributed by atoms with E-state index < -0.39 is 5.54 Å². The van der Waals surface area contributed by atoms with Crippen LogP contribution in [0.2, 0.25) is 0 Å². The molecule has 2 amide bonds. The number of piperazine rings is 1. The molecule has 1 saturated heterocycles. The SMILES string of the molecule is CCC1C(=O)NC(C)(CC)C(=O)N1Cc1ccc(C)s1. The molecule has 0 radical (unpaired) electrons. The fraction of sp³-hybridized carbons (Fsp3) is 0.600. The number of carbonyl (C=O) groups is 2. The predicted molar refractivity (Wildman–Crippen MR) is 80.5 cm³/mol. The number of hydrogen-bond acceptors (Lipinski definition) is 3. The van der Waals surface area contributed by atoms with Crippen LogP contribution in [-0.4, -0.2) is 28.3 Å². The minimum atomic E-state index is -0.769. The number of nitrogens with one attached hydrogen (secondary N) is 1. The highest BCUT2D eigenvalue weighted by atomic mass is 32.1. The van der Waals surface area contributed by atoms with E-state index in [1.165, 1.54) is 4.88 Å². The molecule has 1 aliphatic rings. The minimum Gasteiger partial charge on any atom is -0.340 e. The zero-order valence-electron chi connectivity index (χ0n) is 12.5. The van der Waals surface area contributed by atoms with Crippen molar-refractivity contribution in [3.05, 3.63) is 21.9 Å². The molecule has 2 unspecified atom stereocenters. The van der Waals surface area contributed by atoms with Crippen molar-refractivity contribution in [3.63, 3.8) is 0 Å². The fourth-order valence-electron chi connectivity index (χ4n) is 2.57. The van der Waals surface area contributed by atoms with Crippen molar-refractivity contribution in [1.29, 1.82) is 0 Å². The van der Waals surface area contributed by atoms with E-state index in [0.717, 1.165) is 4.88 Å². The topological polar surface area (TPSA) is 49.4 Å². The van der Waals surface area contributed by atoms with E-state index in [-0.39, 0.29) is 17.9 Å². The molecule has 0 aliphatic carbocycles. The Kier molecular flexibility index (Phi) is 4.18. The number of thiophene rings is 1. The summed E-state index contributed by atoms with van der Waals surface area (Å²) in [6.07, 6.45) is 1.25. The van der Waals surface area contributed by atoms with Gasteiger partial charge in [-0.25, -0.2) is 0 Å². The van der Waals surface area contributed by atoms with Crippen LogP contribution in [-0.2, 0) is 16.1 Å². The minimum absolute atomic E-state index is 0.0255. The molecule has 0 aromatic carbocycles. The van der Waals surface area contributed by atoms with Crippen LogP contribution < -0.4 is 5.32 Å². The molecule has 0 bridgehead atoms. The Morgan fingerprint density at radius 1 is 1.35 bits per heavy atom. The van der Waals surface area contributed by atoms with E-state index in [0.29, 0.717) is 19.4 Å². The summed E-state index contributed by atoms with van der Waals surface area (Å²) in [7, 11) is 0. The van der Waals surface area contributed by atoms with Crippen LogP contribution in [0.25, 0.3) is 0 Å². The Morgan fingerprint density at radius 2 is 2.05 bits per heavy atom. The van der Waals surface area contributed by atoms with E-state index in [1.54, 1.807) is 16.2 Å². The molecule has 5 heteroatoms. The molecule has 0 saturated carbocycles. The molecule has 1 aromatic rings. The van der Waals surface area contributed by atoms with Gasteiger partial charge in [0.15, 0.2) is 0 Å². The predicted octanol–water partition coefficient (Wildman–Crippen LogP) is 2.46. The lowest BCUT2D eigenvalue weighted by Crippen LogP contribution is -2.68. The first kappa shape index (κ1) is 15.0. The number of aryl methyl sites for hydroxylation is 1. The van der Waals surface area contributed by atoms with Gasteiger partial charge in [-0.05, 0) is 38.8 Å². The fourth-order valence-corrected chi connectivity index (χ4v) is 3.46. The smallest absolute Gasteiger partial charge is 0.249 e. The third-order valence-electron chi connectivity index (χ3n) is 4.03. The van der Waals surface area contributed by atoms with E-state index in [1.807, 2.05) is 33.8 Å². The number of carbonyl (C=O) groups excluding carboxylic acids is 2. The standard InChI is InChI=1S/C15H22N2O2S/c1-5-12-13(18)16-15(4,6-2)14(19)17(12)9-11-8-7-10(3)20-11/h7-8,12H,5-6,9H2,1-4H3,(H,16,18). The lowest BCUT2D eigenvalue weighted by atomic mass is 9.91. The van der Waals surface area contributed by atoms with Gasteiger partial charge in [-0.3, -0.25) is 9.59 Å². The van der Waals surface area contributed by atoms with Gasteiger partial charge in [0.1, 0.15) is 11.6 Å². The maximum atomic E-state index is 12.7. The van der Waals surface area contributed by atoms with Gasteiger partial charge in [0.2, 0.25) is 11.8 Å². The first-order valence-electron chi connectivity index (χ1n) is 7.09. The summed E-state index contributed by atoms with van der Waals surface area (Å²) >= 11 is 1.68.